The van der Waals surface area contributed by atoms with E-state index in [4.69, 9.17) is 16.3 Å². The van der Waals surface area contributed by atoms with Gasteiger partial charge in [0.2, 0.25) is 5.13 Å². The molecule has 8 heteroatoms. The second-order valence-electron chi connectivity index (χ2n) is 7.01. The van der Waals surface area contributed by atoms with E-state index in [0.717, 1.165) is 21.2 Å². The Morgan fingerprint density at radius 2 is 1.84 bits per heavy atom. The highest BCUT2D eigenvalue weighted by Crippen LogP contribution is 2.31. The zero-order valence-electron chi connectivity index (χ0n) is 17.0. The smallest absolute Gasteiger partial charge is 0.264 e. The van der Waals surface area contributed by atoms with Crippen molar-refractivity contribution in [3.05, 3.63) is 76.3 Å². The van der Waals surface area contributed by atoms with Gasteiger partial charge in [-0.1, -0.05) is 77.2 Å². The first-order chi connectivity index (χ1) is 15.0. The van der Waals surface area contributed by atoms with E-state index in [9.17, 15) is 4.79 Å². The molecule has 0 saturated carbocycles. The molecule has 5 nitrogen and oxygen atoms in total. The van der Waals surface area contributed by atoms with Crippen LogP contribution < -0.4 is 10.1 Å². The van der Waals surface area contributed by atoms with Crippen molar-refractivity contribution < 1.29 is 9.53 Å². The number of nitrogens with zero attached hydrogens (tertiary/aromatic N) is 2. The summed E-state index contributed by atoms with van der Waals surface area (Å²) in [6.45, 7) is 3.69. The topological polar surface area (TPSA) is 64.1 Å². The van der Waals surface area contributed by atoms with Crippen LogP contribution in [0, 0.1) is 13.8 Å². The maximum atomic E-state index is 12.2. The van der Waals surface area contributed by atoms with E-state index in [1.807, 2.05) is 38.1 Å². The first-order valence-electron chi connectivity index (χ1n) is 9.62. The fourth-order valence-corrected chi connectivity index (χ4v) is 5.05. The zero-order chi connectivity index (χ0) is 21.8. The van der Waals surface area contributed by atoms with E-state index in [1.165, 1.54) is 27.7 Å². The van der Waals surface area contributed by atoms with Crippen molar-refractivity contribution in [2.24, 2.45) is 0 Å². The Morgan fingerprint density at radius 1 is 1.10 bits per heavy atom. The number of fused-ring (bicyclic) bond motifs is 1. The number of benzene rings is 3. The second kappa shape index (κ2) is 9.68. The van der Waals surface area contributed by atoms with Crippen LogP contribution >= 0.6 is 34.7 Å². The maximum absolute atomic E-state index is 12.2. The molecular weight excluding hydrogens is 450 g/mol. The molecule has 0 saturated heterocycles. The van der Waals surface area contributed by atoms with Crippen molar-refractivity contribution >= 4 is 56.5 Å². The van der Waals surface area contributed by atoms with E-state index in [-0.39, 0.29) is 12.5 Å². The van der Waals surface area contributed by atoms with Gasteiger partial charge < -0.3 is 4.74 Å². The van der Waals surface area contributed by atoms with Gasteiger partial charge in [0.05, 0.1) is 0 Å². The minimum absolute atomic E-state index is 0.113. The molecule has 3 aromatic carbocycles. The highest BCUT2D eigenvalue weighted by atomic mass is 35.5. The van der Waals surface area contributed by atoms with Crippen LogP contribution in [0.25, 0.3) is 10.8 Å². The largest absolute Gasteiger partial charge is 0.484 e. The third-order valence-corrected chi connectivity index (χ3v) is 7.28. The molecule has 0 spiro atoms. The molecule has 1 aromatic heterocycles. The molecule has 0 unspecified atom stereocenters. The molecule has 1 amide bonds. The lowest BCUT2D eigenvalue weighted by Gasteiger charge is -2.09. The molecule has 158 valence electrons. The Labute approximate surface area is 193 Å². The summed E-state index contributed by atoms with van der Waals surface area (Å²) in [6, 6.07) is 18.2. The number of carbonyl (C=O) groups is 1. The molecule has 0 atom stereocenters. The third kappa shape index (κ3) is 5.36. The van der Waals surface area contributed by atoms with Crippen LogP contribution in [0.5, 0.6) is 5.75 Å². The van der Waals surface area contributed by atoms with Crippen LogP contribution in [0.3, 0.4) is 0 Å². The Hall–Kier alpha value is -2.61. The van der Waals surface area contributed by atoms with E-state index >= 15 is 0 Å². The number of thioether (sulfide) groups is 1. The Kier molecular flexibility index (Phi) is 6.75. The highest BCUT2D eigenvalue weighted by molar-refractivity contribution is 8.00. The average Bonchev–Trinajstić information content (AvgIpc) is 3.21. The average molecular weight is 470 g/mol. The van der Waals surface area contributed by atoms with Crippen LogP contribution in [0.4, 0.5) is 5.13 Å². The fraction of sp³-hybridized carbons (Fsp3) is 0.174. The molecular formula is C23H20ClN3O2S2. The van der Waals surface area contributed by atoms with Gasteiger partial charge in [-0.15, -0.1) is 10.2 Å². The molecule has 4 rings (SSSR count). The summed E-state index contributed by atoms with van der Waals surface area (Å²) in [7, 11) is 0. The van der Waals surface area contributed by atoms with Crippen molar-refractivity contribution in [2.75, 3.05) is 11.9 Å². The van der Waals surface area contributed by atoms with Gasteiger partial charge in [-0.05, 0) is 53.4 Å². The minimum atomic E-state index is -0.285. The van der Waals surface area contributed by atoms with Crippen LogP contribution in [0.1, 0.15) is 16.7 Å². The number of carbonyl (C=O) groups excluding carboxylic acids is 1. The minimum Gasteiger partial charge on any atom is -0.484 e. The van der Waals surface area contributed by atoms with Crippen molar-refractivity contribution in [3.63, 3.8) is 0 Å². The lowest BCUT2D eigenvalue weighted by Crippen LogP contribution is -2.20. The van der Waals surface area contributed by atoms with E-state index in [1.54, 1.807) is 11.8 Å². The van der Waals surface area contributed by atoms with Crippen molar-refractivity contribution in [1.82, 2.24) is 10.2 Å². The van der Waals surface area contributed by atoms with Gasteiger partial charge in [0, 0.05) is 10.8 Å². The number of hydrogen-bond donors (Lipinski definition) is 1. The predicted octanol–water partition coefficient (Wildman–Crippen LogP) is 6.27. The van der Waals surface area contributed by atoms with E-state index in [2.05, 4.69) is 45.8 Å². The quantitative estimate of drug-likeness (QED) is 0.255. The standard InChI is InChI=1S/C23H20ClN3O2S2/c1-14-10-18(11-15(2)21(14)24)29-12-20(28)25-22-26-27-23(31-22)30-13-17-8-5-7-16-6-3-4-9-19(16)17/h3-11H,12-13H2,1-2H3,(H,25,26,28). The monoisotopic (exact) mass is 469 g/mol. The number of amides is 1. The normalized spacial score (nSPS) is 10.9. The van der Waals surface area contributed by atoms with E-state index < -0.39 is 0 Å². The molecule has 0 aliphatic carbocycles. The number of rotatable bonds is 7. The summed E-state index contributed by atoms with van der Waals surface area (Å²) in [5.74, 6) is 1.10. The molecule has 0 fully saturated rings. The summed E-state index contributed by atoms with van der Waals surface area (Å²) in [5.41, 5.74) is 3.06. The fourth-order valence-electron chi connectivity index (χ4n) is 3.17. The number of halogens is 1. The number of hydrogen-bond acceptors (Lipinski definition) is 6. The summed E-state index contributed by atoms with van der Waals surface area (Å²) >= 11 is 9.12. The van der Waals surface area contributed by atoms with Crippen LogP contribution in [0.15, 0.2) is 58.9 Å². The van der Waals surface area contributed by atoms with Gasteiger partial charge in [0.15, 0.2) is 10.9 Å². The van der Waals surface area contributed by atoms with Crippen molar-refractivity contribution in [3.8, 4) is 5.75 Å². The van der Waals surface area contributed by atoms with Gasteiger partial charge >= 0.3 is 0 Å². The number of nitrogens with one attached hydrogen (secondary N) is 1. The number of aryl methyl sites for hydroxylation is 2. The summed E-state index contributed by atoms with van der Waals surface area (Å²) in [6.07, 6.45) is 0. The SMILES string of the molecule is Cc1cc(OCC(=O)Nc2nnc(SCc3cccc4ccccc34)s2)cc(C)c1Cl. The van der Waals surface area contributed by atoms with Gasteiger partial charge in [-0.25, -0.2) is 0 Å². The lowest BCUT2D eigenvalue weighted by molar-refractivity contribution is -0.118. The number of aromatic nitrogens is 2. The lowest BCUT2D eigenvalue weighted by atomic mass is 10.1. The number of ether oxygens (including phenoxy) is 1. The van der Waals surface area contributed by atoms with E-state index in [0.29, 0.717) is 15.9 Å². The first-order valence-corrected chi connectivity index (χ1v) is 11.8. The third-order valence-electron chi connectivity index (χ3n) is 4.66. The van der Waals surface area contributed by atoms with Gasteiger partial charge in [-0.2, -0.15) is 0 Å². The molecule has 1 heterocycles. The molecule has 31 heavy (non-hydrogen) atoms. The second-order valence-corrected chi connectivity index (χ2v) is 9.59. The van der Waals surface area contributed by atoms with Crippen LogP contribution in [0.2, 0.25) is 5.02 Å². The zero-order valence-corrected chi connectivity index (χ0v) is 19.4. The molecule has 0 aliphatic heterocycles. The summed E-state index contributed by atoms with van der Waals surface area (Å²) in [4.78, 5) is 12.2. The Morgan fingerprint density at radius 3 is 2.65 bits per heavy atom. The van der Waals surface area contributed by atoms with Crippen LogP contribution in [-0.4, -0.2) is 22.7 Å². The van der Waals surface area contributed by atoms with Gasteiger partial charge in [0.25, 0.3) is 5.91 Å². The first kappa shape index (κ1) is 21.6. The predicted molar refractivity (Wildman–Crippen MR) is 128 cm³/mol. The maximum Gasteiger partial charge on any atom is 0.264 e. The number of anilines is 1. The molecule has 1 N–H and O–H groups in total. The van der Waals surface area contributed by atoms with Gasteiger partial charge in [-0.3, -0.25) is 10.1 Å². The van der Waals surface area contributed by atoms with Crippen molar-refractivity contribution in [2.45, 2.75) is 23.9 Å². The van der Waals surface area contributed by atoms with Gasteiger partial charge in [0.1, 0.15) is 5.75 Å². The molecule has 0 aliphatic rings. The molecule has 0 bridgehead atoms. The summed E-state index contributed by atoms with van der Waals surface area (Å²) in [5, 5.41) is 14.6. The Bertz CT molecular complexity index is 1210. The Balaban J connectivity index is 1.32. The molecule has 0 radical (unpaired) electrons. The highest BCUT2D eigenvalue weighted by Gasteiger charge is 2.11. The van der Waals surface area contributed by atoms with Crippen molar-refractivity contribution in [1.29, 1.82) is 0 Å². The molecule has 4 aromatic rings. The summed E-state index contributed by atoms with van der Waals surface area (Å²) < 4.78 is 6.39. The van der Waals surface area contributed by atoms with Crippen LogP contribution in [-0.2, 0) is 10.5 Å².